The molecule has 6 nitrogen and oxygen atoms in total. The van der Waals surface area contributed by atoms with Crippen molar-refractivity contribution >= 4 is 34.1 Å². The van der Waals surface area contributed by atoms with Crippen molar-refractivity contribution in [3.63, 3.8) is 0 Å². The number of fused-ring (bicyclic) bond motifs is 4. The molecule has 1 aromatic heterocycles. The Morgan fingerprint density at radius 2 is 2.03 bits per heavy atom. The van der Waals surface area contributed by atoms with Crippen molar-refractivity contribution in [2.45, 2.75) is 38.1 Å². The quantitative estimate of drug-likeness (QED) is 0.829. The fourth-order valence-electron chi connectivity index (χ4n) is 4.77. The Bertz CT molecular complexity index is 1030. The lowest BCUT2D eigenvalue weighted by atomic mass is 9.96. The Morgan fingerprint density at radius 3 is 2.90 bits per heavy atom. The zero-order chi connectivity index (χ0) is 20.1. The summed E-state index contributed by atoms with van der Waals surface area (Å²) in [4.78, 5) is 42.2. The Morgan fingerprint density at radius 1 is 1.21 bits per heavy atom. The van der Waals surface area contributed by atoms with Crippen molar-refractivity contribution in [2.24, 2.45) is 0 Å². The molecule has 0 fully saturated rings. The highest BCUT2D eigenvalue weighted by atomic mass is 32.1. The van der Waals surface area contributed by atoms with Gasteiger partial charge in [-0.15, -0.1) is 11.3 Å². The number of nitrogens with zero attached hydrogens (tertiary/aromatic N) is 2. The number of likely N-dealkylation sites (N-methyl/N-ethyl adjacent to an activating group) is 1. The third-order valence-electron chi connectivity index (χ3n) is 6.28. The lowest BCUT2D eigenvalue weighted by molar-refractivity contribution is -0.132. The summed E-state index contributed by atoms with van der Waals surface area (Å²) < 4.78 is 0. The minimum atomic E-state index is -0.175. The second-order valence-electron chi connectivity index (χ2n) is 8.12. The van der Waals surface area contributed by atoms with Crippen molar-refractivity contribution in [2.75, 3.05) is 25.5 Å². The van der Waals surface area contributed by atoms with Gasteiger partial charge in [-0.3, -0.25) is 14.4 Å². The topological polar surface area (TPSA) is 69.7 Å². The van der Waals surface area contributed by atoms with Crippen LogP contribution in [0.4, 0.5) is 5.00 Å². The Balaban J connectivity index is 1.34. The highest BCUT2D eigenvalue weighted by Gasteiger charge is 2.34. The summed E-state index contributed by atoms with van der Waals surface area (Å²) in [6.45, 7) is 1.21. The number of aryl methyl sites for hydroxylation is 1. The predicted molar refractivity (Wildman–Crippen MR) is 111 cm³/mol. The molecule has 150 valence electrons. The van der Waals surface area contributed by atoms with Crippen LogP contribution in [0.3, 0.4) is 0 Å². The van der Waals surface area contributed by atoms with Crippen molar-refractivity contribution in [1.29, 1.82) is 0 Å². The molecule has 3 aliphatic rings. The molecule has 7 heteroatoms. The van der Waals surface area contributed by atoms with Crippen molar-refractivity contribution in [3.05, 3.63) is 51.4 Å². The first kappa shape index (κ1) is 18.4. The van der Waals surface area contributed by atoms with Crippen LogP contribution in [0, 0.1) is 0 Å². The molecule has 3 heterocycles. The van der Waals surface area contributed by atoms with Gasteiger partial charge < -0.3 is 15.1 Å². The lowest BCUT2D eigenvalue weighted by Gasteiger charge is -2.28. The average molecular weight is 410 g/mol. The molecule has 2 aromatic rings. The van der Waals surface area contributed by atoms with Crippen LogP contribution in [0.5, 0.6) is 0 Å². The average Bonchev–Trinajstić information content (AvgIpc) is 3.24. The zero-order valence-electron chi connectivity index (χ0n) is 16.4. The predicted octanol–water partition coefficient (Wildman–Crippen LogP) is 2.78. The van der Waals surface area contributed by atoms with Gasteiger partial charge in [0, 0.05) is 24.9 Å². The molecule has 1 unspecified atom stereocenters. The summed E-state index contributed by atoms with van der Waals surface area (Å²) in [7, 11) is 1.65. The Kier molecular flexibility index (Phi) is 4.42. The summed E-state index contributed by atoms with van der Waals surface area (Å²) in [5.74, 6) is 0.187. The lowest BCUT2D eigenvalue weighted by Crippen LogP contribution is -2.37. The summed E-state index contributed by atoms with van der Waals surface area (Å²) >= 11 is 1.44. The normalized spacial score (nSPS) is 20.7. The molecule has 3 amide bonds. The molecule has 29 heavy (non-hydrogen) atoms. The molecule has 1 aliphatic carbocycles. The van der Waals surface area contributed by atoms with E-state index in [1.54, 1.807) is 7.05 Å². The van der Waals surface area contributed by atoms with Crippen LogP contribution >= 0.6 is 11.3 Å². The molecule has 1 aromatic carbocycles. The van der Waals surface area contributed by atoms with Gasteiger partial charge in [0.1, 0.15) is 5.00 Å². The highest BCUT2D eigenvalue weighted by molar-refractivity contribution is 7.17. The van der Waals surface area contributed by atoms with Gasteiger partial charge in [-0.05, 0) is 41.9 Å². The molecule has 2 aliphatic heterocycles. The Hall–Kier alpha value is -2.67. The van der Waals surface area contributed by atoms with Gasteiger partial charge in [0.2, 0.25) is 11.8 Å². The van der Waals surface area contributed by atoms with Gasteiger partial charge in [-0.1, -0.05) is 24.3 Å². The minimum Gasteiger partial charge on any atom is -0.337 e. The van der Waals surface area contributed by atoms with E-state index in [2.05, 4.69) is 29.6 Å². The summed E-state index contributed by atoms with van der Waals surface area (Å²) in [6, 6.07) is 8.42. The minimum absolute atomic E-state index is 0.0719. The third-order valence-corrected chi connectivity index (χ3v) is 7.41. The van der Waals surface area contributed by atoms with Crippen LogP contribution in [-0.2, 0) is 29.0 Å². The van der Waals surface area contributed by atoms with E-state index in [-0.39, 0.29) is 24.3 Å². The largest absolute Gasteiger partial charge is 0.337 e. The number of carbonyl (C=O) groups excluding carboxylic acids is 3. The number of anilines is 1. The van der Waals surface area contributed by atoms with E-state index in [0.29, 0.717) is 42.4 Å². The van der Waals surface area contributed by atoms with E-state index >= 15 is 0 Å². The van der Waals surface area contributed by atoms with Crippen LogP contribution in [0.2, 0.25) is 0 Å². The number of thiophene rings is 1. The monoisotopic (exact) mass is 409 g/mol. The molecule has 0 radical (unpaired) electrons. The second kappa shape index (κ2) is 6.99. The number of hydrogen-bond acceptors (Lipinski definition) is 4. The van der Waals surface area contributed by atoms with Gasteiger partial charge in [0.05, 0.1) is 18.7 Å². The molecule has 0 bridgehead atoms. The number of nitrogens with one attached hydrogen (secondary N) is 1. The maximum atomic E-state index is 13.0. The molecule has 1 N–H and O–H groups in total. The number of amides is 3. The van der Waals surface area contributed by atoms with E-state index in [1.165, 1.54) is 27.4 Å². The molecular formula is C22H23N3O3S. The van der Waals surface area contributed by atoms with Gasteiger partial charge in [0.15, 0.2) is 0 Å². The van der Waals surface area contributed by atoms with Gasteiger partial charge >= 0.3 is 0 Å². The number of rotatable bonds is 2. The number of carbonyl (C=O) groups is 3. The molecule has 0 spiro atoms. The van der Waals surface area contributed by atoms with Crippen molar-refractivity contribution in [1.82, 2.24) is 9.80 Å². The Labute approximate surface area is 173 Å². The van der Waals surface area contributed by atoms with Crippen molar-refractivity contribution < 1.29 is 14.4 Å². The fourth-order valence-corrected chi connectivity index (χ4v) is 6.04. The van der Waals surface area contributed by atoms with Crippen LogP contribution in [0.25, 0.3) is 0 Å². The molecule has 1 atom stereocenters. The molecule has 0 saturated carbocycles. The third kappa shape index (κ3) is 3.13. The second-order valence-corrected chi connectivity index (χ2v) is 9.23. The first-order valence-electron chi connectivity index (χ1n) is 10.1. The van der Waals surface area contributed by atoms with Crippen LogP contribution in [-0.4, -0.2) is 47.7 Å². The maximum Gasteiger partial charge on any atom is 0.257 e. The van der Waals surface area contributed by atoms with E-state index in [4.69, 9.17) is 0 Å². The fraction of sp³-hybridized carbons (Fsp3) is 0.409. The molecular weight excluding hydrogens is 386 g/mol. The van der Waals surface area contributed by atoms with Gasteiger partial charge in [-0.2, -0.15) is 0 Å². The van der Waals surface area contributed by atoms with E-state index in [1.807, 2.05) is 4.90 Å². The summed E-state index contributed by atoms with van der Waals surface area (Å²) in [5.41, 5.74) is 4.30. The van der Waals surface area contributed by atoms with E-state index < -0.39 is 0 Å². The number of hydrogen-bond donors (Lipinski definition) is 1. The van der Waals surface area contributed by atoms with Gasteiger partial charge in [-0.25, -0.2) is 0 Å². The van der Waals surface area contributed by atoms with Crippen molar-refractivity contribution in [3.8, 4) is 0 Å². The summed E-state index contributed by atoms with van der Waals surface area (Å²) in [5, 5.41) is 3.50. The summed E-state index contributed by atoms with van der Waals surface area (Å²) in [6.07, 6.45) is 3.27. The van der Waals surface area contributed by atoms with Gasteiger partial charge in [0.25, 0.3) is 5.91 Å². The first-order chi connectivity index (χ1) is 14.0. The molecule has 5 rings (SSSR count). The smallest absolute Gasteiger partial charge is 0.257 e. The maximum absolute atomic E-state index is 13.0. The zero-order valence-corrected chi connectivity index (χ0v) is 17.2. The van der Waals surface area contributed by atoms with Crippen LogP contribution in [0.15, 0.2) is 24.3 Å². The first-order valence-corrected chi connectivity index (χ1v) is 10.9. The molecule has 0 saturated heterocycles. The van der Waals surface area contributed by atoms with Crippen LogP contribution < -0.4 is 5.32 Å². The number of benzene rings is 1. The van der Waals surface area contributed by atoms with E-state index in [9.17, 15) is 14.4 Å². The SMILES string of the molecule is CN1CC(=O)Nc2sc3c(c2C1=O)CCN(C(=O)CC1CCc2ccccc21)C3. The highest BCUT2D eigenvalue weighted by Crippen LogP contribution is 2.40. The van der Waals surface area contributed by atoms with Crippen LogP contribution in [0.1, 0.15) is 50.7 Å². The van der Waals surface area contributed by atoms with E-state index in [0.717, 1.165) is 23.3 Å². The standard InChI is InChI=1S/C22H23N3O3S/c1-24-12-18(26)23-21-20(22(24)28)16-8-9-25(11-17(16)29-21)19(27)10-14-7-6-13-4-2-3-5-15(13)14/h2-5,14H,6-12H2,1H3,(H,23,26).